The molecule has 35 heavy (non-hydrogen) atoms. The van der Waals surface area contributed by atoms with Crippen LogP contribution in [0, 0.1) is 6.92 Å². The molecule has 5 aromatic rings. The number of tetrazole rings is 1. The lowest BCUT2D eigenvalue weighted by molar-refractivity contribution is 0.544. The second kappa shape index (κ2) is 8.51. The first-order valence-corrected chi connectivity index (χ1v) is 11.9. The molecule has 0 unspecified atom stereocenters. The molecule has 1 aliphatic heterocycles. The second-order valence-electron chi connectivity index (χ2n) is 9.26. The van der Waals surface area contributed by atoms with Gasteiger partial charge in [0.25, 0.3) is 5.56 Å². The lowest BCUT2D eigenvalue weighted by Gasteiger charge is -2.33. The van der Waals surface area contributed by atoms with Crippen LogP contribution in [0.2, 0.25) is 0 Å². The fraction of sp³-hybridized carbons (Fsp3) is 0.214. The summed E-state index contributed by atoms with van der Waals surface area (Å²) in [5, 5.41) is 13.9. The minimum absolute atomic E-state index is 0.123. The highest BCUT2D eigenvalue weighted by Gasteiger charge is 2.37. The molecule has 2 atom stereocenters. The zero-order valence-electron chi connectivity index (χ0n) is 19.7. The summed E-state index contributed by atoms with van der Waals surface area (Å²) >= 11 is 0. The summed E-state index contributed by atoms with van der Waals surface area (Å²) in [6.07, 6.45) is 0.900. The smallest absolute Gasteiger partial charge is 0.254 e. The van der Waals surface area contributed by atoms with Crippen LogP contribution in [0.3, 0.4) is 0 Å². The topological polar surface area (TPSA) is 79.7 Å². The van der Waals surface area contributed by atoms with Crippen molar-refractivity contribution in [2.24, 2.45) is 0 Å². The van der Waals surface area contributed by atoms with Gasteiger partial charge in [-0.1, -0.05) is 66.7 Å². The van der Waals surface area contributed by atoms with E-state index in [1.807, 2.05) is 60.1 Å². The Balaban J connectivity index is 1.56. The quantitative estimate of drug-likeness (QED) is 0.419. The number of anilines is 1. The third-order valence-electron chi connectivity index (χ3n) is 6.93. The van der Waals surface area contributed by atoms with Gasteiger partial charge in [-0.25, -0.2) is 4.68 Å². The number of nitrogens with one attached hydrogen (secondary N) is 1. The van der Waals surface area contributed by atoms with Crippen LogP contribution in [0.1, 0.15) is 41.0 Å². The van der Waals surface area contributed by atoms with E-state index in [2.05, 4.69) is 62.7 Å². The number of hydrogen-bond acceptors (Lipinski definition) is 5. The number of para-hydroxylation sites is 2. The van der Waals surface area contributed by atoms with Crippen molar-refractivity contribution < 1.29 is 0 Å². The van der Waals surface area contributed by atoms with Crippen LogP contribution in [0.15, 0.2) is 83.7 Å². The standard InChI is InChI=1S/C28H26N6O/c1-18-9-8-13-22-16-23(28(35)29-25(18)22)26(34-19(2)15-21-12-6-7-14-24(21)34)27-30-31-32-33(27)17-20-10-4-3-5-11-20/h3-14,16,19,26H,15,17H2,1-2H3,(H,29,35)/t19-,26-/m1/s1. The number of aromatic amines is 1. The molecular formula is C28H26N6O. The zero-order valence-corrected chi connectivity index (χ0v) is 19.7. The Kier molecular flexibility index (Phi) is 5.17. The number of aryl methyl sites for hydroxylation is 1. The lowest BCUT2D eigenvalue weighted by Crippen LogP contribution is -2.39. The zero-order chi connectivity index (χ0) is 23.9. The molecule has 7 nitrogen and oxygen atoms in total. The number of H-pyrrole nitrogens is 1. The van der Waals surface area contributed by atoms with Crippen LogP contribution in [-0.4, -0.2) is 31.2 Å². The molecule has 0 saturated carbocycles. The summed E-state index contributed by atoms with van der Waals surface area (Å²) in [6, 6.07) is 26.3. The number of rotatable bonds is 5. The van der Waals surface area contributed by atoms with Gasteiger partial charge in [0.2, 0.25) is 0 Å². The van der Waals surface area contributed by atoms with E-state index in [-0.39, 0.29) is 11.6 Å². The van der Waals surface area contributed by atoms with Crippen molar-refractivity contribution in [2.45, 2.75) is 38.9 Å². The van der Waals surface area contributed by atoms with Gasteiger partial charge in [0.05, 0.1) is 12.1 Å². The van der Waals surface area contributed by atoms with E-state index in [1.54, 1.807) is 0 Å². The molecule has 3 aromatic carbocycles. The van der Waals surface area contributed by atoms with Crippen molar-refractivity contribution >= 4 is 16.6 Å². The second-order valence-corrected chi connectivity index (χ2v) is 9.26. The first-order chi connectivity index (χ1) is 17.1. The summed E-state index contributed by atoms with van der Waals surface area (Å²) in [6.45, 7) is 4.72. The predicted octanol–water partition coefficient (Wildman–Crippen LogP) is 4.41. The average Bonchev–Trinajstić information content (AvgIpc) is 3.45. The number of nitrogens with zero attached hydrogens (tertiary/aromatic N) is 5. The van der Waals surface area contributed by atoms with Crippen LogP contribution in [-0.2, 0) is 13.0 Å². The molecule has 0 amide bonds. The van der Waals surface area contributed by atoms with Gasteiger partial charge in [-0.2, -0.15) is 0 Å². The van der Waals surface area contributed by atoms with E-state index in [1.165, 1.54) is 5.56 Å². The molecule has 0 fully saturated rings. The first-order valence-electron chi connectivity index (χ1n) is 11.9. The van der Waals surface area contributed by atoms with Crippen molar-refractivity contribution in [3.05, 3.63) is 117 Å². The van der Waals surface area contributed by atoms with Crippen LogP contribution >= 0.6 is 0 Å². The Morgan fingerprint density at radius 1 is 1.03 bits per heavy atom. The fourth-order valence-electron chi connectivity index (χ4n) is 5.28. The molecule has 2 aromatic heterocycles. The maximum Gasteiger partial charge on any atom is 0.254 e. The van der Waals surface area contributed by atoms with Gasteiger partial charge >= 0.3 is 0 Å². The SMILES string of the molecule is Cc1cccc2cc([C@H](c3nnnn3Cc3ccccc3)N3c4ccccc4C[C@H]3C)c(=O)[nH]c12. The molecular weight excluding hydrogens is 436 g/mol. The monoisotopic (exact) mass is 462 g/mol. The third kappa shape index (κ3) is 3.69. The molecule has 1 aliphatic rings. The van der Waals surface area contributed by atoms with E-state index in [4.69, 9.17) is 0 Å². The van der Waals surface area contributed by atoms with Gasteiger partial charge in [-0.15, -0.1) is 5.10 Å². The van der Waals surface area contributed by atoms with Crippen molar-refractivity contribution in [3.63, 3.8) is 0 Å². The average molecular weight is 463 g/mol. The number of hydrogen-bond donors (Lipinski definition) is 1. The Morgan fingerprint density at radius 2 is 1.83 bits per heavy atom. The van der Waals surface area contributed by atoms with Crippen LogP contribution in [0.4, 0.5) is 5.69 Å². The molecule has 3 heterocycles. The maximum atomic E-state index is 13.6. The largest absolute Gasteiger partial charge is 0.354 e. The van der Waals surface area contributed by atoms with E-state index in [0.717, 1.165) is 34.1 Å². The van der Waals surface area contributed by atoms with Crippen molar-refractivity contribution in [2.75, 3.05) is 4.90 Å². The Hall–Kier alpha value is -4.26. The summed E-state index contributed by atoms with van der Waals surface area (Å²) in [5.41, 5.74) is 5.88. The molecule has 0 aliphatic carbocycles. The minimum Gasteiger partial charge on any atom is -0.354 e. The van der Waals surface area contributed by atoms with Crippen LogP contribution in [0.5, 0.6) is 0 Å². The van der Waals surface area contributed by atoms with Gasteiger partial charge < -0.3 is 9.88 Å². The van der Waals surface area contributed by atoms with Gasteiger partial charge in [0.1, 0.15) is 6.04 Å². The normalized spacial score (nSPS) is 15.9. The third-order valence-corrected chi connectivity index (χ3v) is 6.93. The van der Waals surface area contributed by atoms with Crippen molar-refractivity contribution in [1.82, 2.24) is 25.2 Å². The molecule has 0 spiro atoms. The van der Waals surface area contributed by atoms with E-state index >= 15 is 0 Å². The van der Waals surface area contributed by atoms with Gasteiger partial charge in [0, 0.05) is 17.3 Å². The highest BCUT2D eigenvalue weighted by Crippen LogP contribution is 2.40. The number of aromatic nitrogens is 5. The van der Waals surface area contributed by atoms with Crippen molar-refractivity contribution in [3.8, 4) is 0 Å². The van der Waals surface area contributed by atoms with Crippen LogP contribution < -0.4 is 10.5 Å². The molecule has 6 rings (SSSR count). The van der Waals surface area contributed by atoms with E-state index < -0.39 is 6.04 Å². The summed E-state index contributed by atoms with van der Waals surface area (Å²) < 4.78 is 1.81. The number of fused-ring (bicyclic) bond motifs is 2. The Labute approximate surface area is 203 Å². The highest BCUT2D eigenvalue weighted by atomic mass is 16.1. The number of pyridine rings is 1. The summed E-state index contributed by atoms with van der Waals surface area (Å²) in [5.74, 6) is 0.648. The summed E-state index contributed by atoms with van der Waals surface area (Å²) in [4.78, 5) is 19.0. The summed E-state index contributed by atoms with van der Waals surface area (Å²) in [7, 11) is 0. The van der Waals surface area contributed by atoms with E-state index in [0.29, 0.717) is 17.9 Å². The fourth-order valence-corrected chi connectivity index (χ4v) is 5.28. The first kappa shape index (κ1) is 21.3. The molecule has 0 radical (unpaired) electrons. The Bertz CT molecular complexity index is 1570. The van der Waals surface area contributed by atoms with Gasteiger partial charge in [0.15, 0.2) is 5.82 Å². The van der Waals surface area contributed by atoms with Gasteiger partial charge in [-0.3, -0.25) is 4.79 Å². The molecule has 1 N–H and O–H groups in total. The van der Waals surface area contributed by atoms with Crippen molar-refractivity contribution in [1.29, 1.82) is 0 Å². The lowest BCUT2D eigenvalue weighted by atomic mass is 10.0. The highest BCUT2D eigenvalue weighted by molar-refractivity contribution is 5.82. The number of benzene rings is 3. The van der Waals surface area contributed by atoms with E-state index in [9.17, 15) is 4.79 Å². The predicted molar refractivity (Wildman–Crippen MR) is 137 cm³/mol. The van der Waals surface area contributed by atoms with Crippen LogP contribution in [0.25, 0.3) is 10.9 Å². The maximum absolute atomic E-state index is 13.6. The molecule has 174 valence electrons. The molecule has 7 heteroatoms. The molecule has 0 bridgehead atoms. The minimum atomic E-state index is -0.443. The molecule has 0 saturated heterocycles. The van der Waals surface area contributed by atoms with Gasteiger partial charge in [-0.05, 0) is 64.9 Å². The Morgan fingerprint density at radius 3 is 2.69 bits per heavy atom.